The summed E-state index contributed by atoms with van der Waals surface area (Å²) in [6, 6.07) is 6.99. The van der Waals surface area contributed by atoms with E-state index in [4.69, 9.17) is 4.74 Å². The Bertz CT molecular complexity index is 1130. The molecule has 0 fully saturated rings. The van der Waals surface area contributed by atoms with Crippen LogP contribution in [0.2, 0.25) is 0 Å². The number of hydrogen-bond donors (Lipinski definition) is 1. The molecule has 0 bridgehead atoms. The zero-order valence-corrected chi connectivity index (χ0v) is 18.8. The molecule has 1 aromatic heterocycles. The fourth-order valence-corrected chi connectivity index (χ4v) is 4.99. The maximum absolute atomic E-state index is 14.4. The molecule has 2 heterocycles. The van der Waals surface area contributed by atoms with Crippen molar-refractivity contribution in [2.75, 3.05) is 6.61 Å². The second-order valence-electron chi connectivity index (χ2n) is 9.61. The average Bonchev–Trinajstić information content (AvgIpc) is 2.77. The number of nitriles is 1. The van der Waals surface area contributed by atoms with Crippen LogP contribution in [0.25, 0.3) is 6.08 Å². The fourth-order valence-electron chi connectivity index (χ4n) is 4.99. The van der Waals surface area contributed by atoms with Gasteiger partial charge in [0, 0.05) is 23.9 Å². The van der Waals surface area contributed by atoms with E-state index in [1.165, 1.54) is 6.20 Å². The Balaban J connectivity index is 1.75. The molecule has 1 atom stereocenters. The van der Waals surface area contributed by atoms with E-state index in [0.29, 0.717) is 47.5 Å². The van der Waals surface area contributed by atoms with Gasteiger partial charge in [0.05, 0.1) is 18.2 Å². The summed E-state index contributed by atoms with van der Waals surface area (Å²) in [5, 5.41) is 20.6. The van der Waals surface area contributed by atoms with E-state index in [2.05, 4.69) is 11.1 Å². The summed E-state index contributed by atoms with van der Waals surface area (Å²) in [6.45, 7) is 3.81. The van der Waals surface area contributed by atoms with Crippen LogP contribution in [-0.4, -0.2) is 28.5 Å². The van der Waals surface area contributed by atoms with Gasteiger partial charge >= 0.3 is 6.18 Å². The summed E-state index contributed by atoms with van der Waals surface area (Å²) in [5.74, 6) is 0.541. The van der Waals surface area contributed by atoms with E-state index in [9.17, 15) is 23.5 Å². The smallest absolute Gasteiger partial charge is 0.417 e. The number of nitrogens with zero attached hydrogens (tertiary/aromatic N) is 2. The lowest BCUT2D eigenvalue weighted by Gasteiger charge is -2.39. The minimum Gasteiger partial charge on any atom is -0.493 e. The molecule has 1 aromatic carbocycles. The third kappa shape index (κ3) is 4.49. The summed E-state index contributed by atoms with van der Waals surface area (Å²) in [7, 11) is 0. The van der Waals surface area contributed by atoms with Crippen LogP contribution in [0.4, 0.5) is 13.2 Å². The highest BCUT2D eigenvalue weighted by Crippen LogP contribution is 2.47. The van der Waals surface area contributed by atoms with E-state index in [1.807, 2.05) is 6.08 Å². The van der Waals surface area contributed by atoms with Crippen molar-refractivity contribution >= 4 is 6.08 Å². The molecule has 0 spiro atoms. The van der Waals surface area contributed by atoms with Gasteiger partial charge in [0.2, 0.25) is 0 Å². The standard InChI is InChI=1S/C26H27F3N2O2/c1-24(2,21-13-17(15-30)12-18-6-5-11-33-23(18)21)16-25(32,26(27,28)29)14-19-9-10-31-22-8-4-3-7-20(19)22/h3,7,9-10,12-13,32H,4-6,8,11,14,16H2,1-2H3. The first-order valence-corrected chi connectivity index (χ1v) is 11.2. The van der Waals surface area contributed by atoms with Gasteiger partial charge in [-0.1, -0.05) is 26.0 Å². The molecule has 4 nitrogen and oxygen atoms in total. The molecule has 4 rings (SSSR count). The van der Waals surface area contributed by atoms with E-state index in [-0.39, 0.29) is 0 Å². The van der Waals surface area contributed by atoms with Crippen LogP contribution in [0, 0.1) is 11.3 Å². The first-order chi connectivity index (χ1) is 15.5. The Kier molecular flexibility index (Phi) is 6.00. The number of hydrogen-bond acceptors (Lipinski definition) is 4. The molecular formula is C26H27F3N2O2. The molecule has 0 amide bonds. The first-order valence-electron chi connectivity index (χ1n) is 11.2. The minimum absolute atomic E-state index is 0.381. The monoisotopic (exact) mass is 456 g/mol. The molecule has 1 aliphatic heterocycles. The summed E-state index contributed by atoms with van der Waals surface area (Å²) in [4.78, 5) is 4.30. The van der Waals surface area contributed by atoms with Gasteiger partial charge in [-0.3, -0.25) is 4.98 Å². The van der Waals surface area contributed by atoms with Crippen molar-refractivity contribution in [3.63, 3.8) is 0 Å². The van der Waals surface area contributed by atoms with Gasteiger partial charge in [0.15, 0.2) is 5.60 Å². The van der Waals surface area contributed by atoms with Crippen molar-refractivity contribution in [2.24, 2.45) is 0 Å². The van der Waals surface area contributed by atoms with Crippen molar-refractivity contribution in [1.29, 1.82) is 5.26 Å². The molecule has 1 aliphatic carbocycles. The van der Waals surface area contributed by atoms with Gasteiger partial charge in [-0.05, 0) is 72.4 Å². The molecule has 2 aromatic rings. The molecule has 1 unspecified atom stereocenters. The van der Waals surface area contributed by atoms with E-state index in [1.54, 1.807) is 38.1 Å². The average molecular weight is 457 g/mol. The first kappa shape index (κ1) is 23.3. The molecule has 174 valence electrons. The van der Waals surface area contributed by atoms with Crippen LogP contribution in [-0.2, 0) is 24.7 Å². The highest BCUT2D eigenvalue weighted by Gasteiger charge is 2.56. The maximum atomic E-state index is 14.4. The Morgan fingerprint density at radius 2 is 2.00 bits per heavy atom. The molecule has 0 saturated carbocycles. The van der Waals surface area contributed by atoms with Crippen LogP contribution in [0.5, 0.6) is 5.75 Å². The van der Waals surface area contributed by atoms with Crippen LogP contribution >= 0.6 is 0 Å². The van der Waals surface area contributed by atoms with Gasteiger partial charge in [0.1, 0.15) is 5.75 Å². The number of pyridine rings is 1. The third-order valence-electron chi connectivity index (χ3n) is 6.60. The Labute approximate surface area is 191 Å². The van der Waals surface area contributed by atoms with E-state index >= 15 is 0 Å². The molecule has 33 heavy (non-hydrogen) atoms. The molecule has 0 radical (unpaired) electrons. The molecule has 2 aliphatic rings. The number of aryl methyl sites for hydroxylation is 2. The summed E-state index contributed by atoms with van der Waals surface area (Å²) in [6.07, 6.45) is 2.17. The summed E-state index contributed by atoms with van der Waals surface area (Å²) < 4.78 is 49.0. The Morgan fingerprint density at radius 3 is 2.73 bits per heavy atom. The Hall–Kier alpha value is -2.85. The number of allylic oxidation sites excluding steroid dienone is 1. The molecule has 0 saturated heterocycles. The normalized spacial score (nSPS) is 17.4. The lowest BCUT2D eigenvalue weighted by atomic mass is 9.71. The maximum Gasteiger partial charge on any atom is 0.417 e. The zero-order valence-electron chi connectivity index (χ0n) is 18.8. The lowest BCUT2D eigenvalue weighted by molar-refractivity contribution is -0.266. The van der Waals surface area contributed by atoms with Gasteiger partial charge < -0.3 is 9.84 Å². The number of aromatic nitrogens is 1. The molecular weight excluding hydrogens is 429 g/mol. The van der Waals surface area contributed by atoms with E-state index < -0.39 is 30.0 Å². The van der Waals surface area contributed by atoms with Crippen molar-refractivity contribution < 1.29 is 23.0 Å². The van der Waals surface area contributed by atoms with Crippen LogP contribution in [0.3, 0.4) is 0 Å². The van der Waals surface area contributed by atoms with Crippen LogP contribution in [0.15, 0.2) is 30.5 Å². The second-order valence-corrected chi connectivity index (χ2v) is 9.61. The number of rotatable bonds is 5. The Morgan fingerprint density at radius 1 is 1.21 bits per heavy atom. The zero-order chi connectivity index (χ0) is 23.9. The van der Waals surface area contributed by atoms with Gasteiger partial charge in [-0.15, -0.1) is 0 Å². The highest BCUT2D eigenvalue weighted by molar-refractivity contribution is 5.58. The number of aliphatic hydroxyl groups is 1. The largest absolute Gasteiger partial charge is 0.493 e. The number of fused-ring (bicyclic) bond motifs is 2. The molecule has 7 heteroatoms. The summed E-state index contributed by atoms with van der Waals surface area (Å²) in [5.41, 5.74) is -0.508. The SMILES string of the molecule is CC(C)(CC(O)(Cc1ccnc2c1C=CCC2)C(F)(F)F)c1cc(C#N)cc2c1OCCC2. The van der Waals surface area contributed by atoms with Crippen molar-refractivity contribution in [3.05, 3.63) is 64.0 Å². The van der Waals surface area contributed by atoms with E-state index in [0.717, 1.165) is 24.1 Å². The lowest BCUT2D eigenvalue weighted by Crippen LogP contribution is -2.51. The fraction of sp³-hybridized carbons (Fsp3) is 0.462. The minimum atomic E-state index is -4.85. The van der Waals surface area contributed by atoms with Gasteiger partial charge in [-0.25, -0.2) is 0 Å². The van der Waals surface area contributed by atoms with Gasteiger partial charge in [0.25, 0.3) is 0 Å². The topological polar surface area (TPSA) is 66.1 Å². The number of alkyl halides is 3. The van der Waals surface area contributed by atoms with Crippen molar-refractivity contribution in [3.8, 4) is 11.8 Å². The molecule has 1 N–H and O–H groups in total. The summed E-state index contributed by atoms with van der Waals surface area (Å²) >= 11 is 0. The quantitative estimate of drug-likeness (QED) is 0.651. The van der Waals surface area contributed by atoms with Crippen LogP contribution < -0.4 is 4.74 Å². The predicted octanol–water partition coefficient (Wildman–Crippen LogP) is 5.44. The second kappa shape index (κ2) is 8.49. The predicted molar refractivity (Wildman–Crippen MR) is 119 cm³/mol. The number of halogens is 3. The van der Waals surface area contributed by atoms with Crippen molar-refractivity contribution in [2.45, 2.75) is 69.6 Å². The van der Waals surface area contributed by atoms with Crippen molar-refractivity contribution in [1.82, 2.24) is 4.98 Å². The highest BCUT2D eigenvalue weighted by atomic mass is 19.4. The number of benzene rings is 1. The van der Waals surface area contributed by atoms with Gasteiger partial charge in [-0.2, -0.15) is 18.4 Å². The van der Waals surface area contributed by atoms with Crippen LogP contribution in [0.1, 0.15) is 66.6 Å². The third-order valence-corrected chi connectivity index (χ3v) is 6.60. The number of ether oxygens (including phenoxy) is 1.